The van der Waals surface area contributed by atoms with Gasteiger partial charge in [0.1, 0.15) is 6.04 Å². The number of alkyl halides is 6. The minimum atomic E-state index is -5.04. The summed E-state index contributed by atoms with van der Waals surface area (Å²) in [6.07, 6.45) is -3.97. The number of carbonyl (C=O) groups excluding carboxylic acids is 2. The van der Waals surface area contributed by atoms with E-state index in [1.54, 1.807) is 4.90 Å². The number of rotatable bonds is 7. The molecule has 18 heteroatoms. The normalized spacial score (nSPS) is 19.1. The summed E-state index contributed by atoms with van der Waals surface area (Å²) in [5.41, 5.74) is 3.07. The molecule has 3 amide bonds. The fourth-order valence-electron chi connectivity index (χ4n) is 8.03. The van der Waals surface area contributed by atoms with Gasteiger partial charge >= 0.3 is 24.1 Å². The second-order valence-corrected chi connectivity index (χ2v) is 16.6. The van der Waals surface area contributed by atoms with Gasteiger partial charge < -0.3 is 30.7 Å². The van der Waals surface area contributed by atoms with Crippen molar-refractivity contribution in [3.8, 4) is 11.3 Å². The van der Waals surface area contributed by atoms with E-state index in [1.807, 2.05) is 17.0 Å². The summed E-state index contributed by atoms with van der Waals surface area (Å²) in [5.74, 6) is 1.03. The summed E-state index contributed by atoms with van der Waals surface area (Å²) in [7, 11) is 2.14. The summed E-state index contributed by atoms with van der Waals surface area (Å²) < 4.78 is 83.4. The molecule has 4 heterocycles. The molecule has 6 rings (SSSR count). The number of nitrogens with one attached hydrogen (secondary N) is 2. The minimum absolute atomic E-state index is 0.0319. The molecule has 0 unspecified atom stereocenters. The van der Waals surface area contributed by atoms with E-state index in [4.69, 9.17) is 5.73 Å². The first-order chi connectivity index (χ1) is 25.9. The first kappa shape index (κ1) is 41.1. The molecule has 0 spiro atoms. The average Bonchev–Trinajstić information content (AvgIpc) is 3.54. The lowest BCUT2D eigenvalue weighted by molar-refractivity contribution is -0.143. The molecule has 10 nitrogen and oxygen atoms in total. The number of nitrogens with two attached hydrogens (primary N) is 1. The Balaban J connectivity index is 1.13. The molecule has 0 saturated carbocycles. The van der Waals surface area contributed by atoms with Crippen LogP contribution in [0.5, 0.6) is 0 Å². The Hall–Kier alpha value is -3.51. The quantitative estimate of drug-likeness (QED) is 0.168. The van der Waals surface area contributed by atoms with E-state index in [1.165, 1.54) is 10.8 Å². The Bertz CT molecular complexity index is 1870. The van der Waals surface area contributed by atoms with Crippen LogP contribution in [0.25, 0.3) is 11.3 Å². The van der Waals surface area contributed by atoms with Crippen LogP contribution < -0.4 is 16.7 Å². The van der Waals surface area contributed by atoms with Gasteiger partial charge in [0.2, 0.25) is 5.91 Å². The number of anilines is 1. The number of H-pyrrole nitrogens is 1. The fraction of sp³-hybridized carbons (Fsp3) is 0.541. The molecular weight excluding hydrogens is 864 g/mol. The Morgan fingerprint density at radius 3 is 1.85 bits per heavy atom. The summed E-state index contributed by atoms with van der Waals surface area (Å²) >= 11 is 6.93. The number of likely N-dealkylation sites (tertiary alicyclic amines) is 3. The number of nitrogen functional groups attached to an aromatic ring is 1. The van der Waals surface area contributed by atoms with Crippen molar-refractivity contribution in [2.45, 2.75) is 69.4 Å². The molecule has 3 fully saturated rings. The van der Waals surface area contributed by atoms with Crippen LogP contribution in [0.2, 0.25) is 0 Å². The third-order valence-electron chi connectivity index (χ3n) is 11.2. The molecule has 300 valence electrons. The fourth-order valence-corrected chi connectivity index (χ4v) is 9.31. The molecule has 4 N–H and O–H groups in total. The van der Waals surface area contributed by atoms with Gasteiger partial charge in [0, 0.05) is 59.3 Å². The predicted molar refractivity (Wildman–Crippen MR) is 202 cm³/mol. The highest BCUT2D eigenvalue weighted by atomic mass is 79.9. The number of hydrogen-bond acceptors (Lipinski definition) is 5. The maximum absolute atomic E-state index is 14.1. The topological polar surface area (TPSA) is 120 Å². The van der Waals surface area contributed by atoms with Crippen LogP contribution in [0.3, 0.4) is 0 Å². The van der Waals surface area contributed by atoms with Crippen LogP contribution in [0.1, 0.15) is 61.3 Å². The van der Waals surface area contributed by atoms with Gasteiger partial charge in [0.05, 0.1) is 22.5 Å². The maximum Gasteiger partial charge on any atom is 0.416 e. The predicted octanol–water partition coefficient (Wildman–Crippen LogP) is 7.53. The third-order valence-corrected chi connectivity index (χ3v) is 12.6. The van der Waals surface area contributed by atoms with Gasteiger partial charge in [0.15, 0.2) is 0 Å². The molecule has 0 radical (unpaired) electrons. The Kier molecular flexibility index (Phi) is 12.4. The van der Waals surface area contributed by atoms with Crippen molar-refractivity contribution in [2.24, 2.45) is 11.8 Å². The molecule has 1 aromatic heterocycles. The number of nitrogens with zero attached hydrogens (tertiary/aromatic N) is 4. The lowest BCUT2D eigenvalue weighted by Gasteiger charge is -2.40. The minimum Gasteiger partial charge on any atom is -0.397 e. The van der Waals surface area contributed by atoms with Crippen LogP contribution in [0.4, 0.5) is 36.8 Å². The molecule has 3 aromatic rings. The van der Waals surface area contributed by atoms with Crippen LogP contribution >= 0.6 is 31.9 Å². The molecule has 0 aliphatic carbocycles. The number of piperidine rings is 3. The van der Waals surface area contributed by atoms with Crippen LogP contribution in [-0.2, 0) is 23.6 Å². The van der Waals surface area contributed by atoms with E-state index in [0.717, 1.165) is 44.3 Å². The number of benzene rings is 2. The van der Waals surface area contributed by atoms with Crippen molar-refractivity contribution >= 4 is 49.5 Å². The second kappa shape index (κ2) is 16.5. The highest BCUT2D eigenvalue weighted by molar-refractivity contribution is 9.11. The van der Waals surface area contributed by atoms with E-state index in [-0.39, 0.29) is 50.0 Å². The van der Waals surface area contributed by atoms with Crippen molar-refractivity contribution in [1.82, 2.24) is 29.6 Å². The van der Waals surface area contributed by atoms with E-state index < -0.39 is 52.8 Å². The molecule has 2 aromatic carbocycles. The zero-order valence-electron chi connectivity index (χ0n) is 30.1. The summed E-state index contributed by atoms with van der Waals surface area (Å²) in [4.78, 5) is 48.9. The zero-order chi connectivity index (χ0) is 39.8. The van der Waals surface area contributed by atoms with Crippen LogP contribution in [0.15, 0.2) is 50.3 Å². The number of aromatic amines is 1. The van der Waals surface area contributed by atoms with Crippen molar-refractivity contribution in [2.75, 3.05) is 52.0 Å². The smallest absolute Gasteiger partial charge is 0.397 e. The largest absolute Gasteiger partial charge is 0.416 e. The van der Waals surface area contributed by atoms with Gasteiger partial charge in [-0.1, -0.05) is 0 Å². The highest BCUT2D eigenvalue weighted by Crippen LogP contribution is 2.39. The lowest BCUT2D eigenvalue weighted by Crippen LogP contribution is -2.55. The van der Waals surface area contributed by atoms with Gasteiger partial charge in [-0.2, -0.15) is 26.3 Å². The summed E-state index contributed by atoms with van der Waals surface area (Å²) in [5, 5.41) is 2.96. The molecular formula is C37H43Br2F6N7O3. The van der Waals surface area contributed by atoms with Gasteiger partial charge in [0.25, 0.3) is 0 Å². The standard InChI is InChI=1S/C37H43Br2F6N7O3/c1-49-8-2-22(3-9-49)23-4-10-50(11-5-23)33(53)30(16-21-14-28(38)32(46)29(39)15-21)47-34(54)51-12-6-27(7-13-51)52-20-31(48-35(52)55)24-17-25(36(40,41)42)19-26(18-24)37(43,44)45/h14-15,17-20,22-23,27,30H,2-13,16,46H2,1H3,(H,47,54)(H,48,55)/t30-/m0/s1. The number of aromatic nitrogens is 2. The van der Waals surface area contributed by atoms with Crippen molar-refractivity contribution in [3.05, 3.63) is 72.6 Å². The van der Waals surface area contributed by atoms with Gasteiger partial charge in [-0.25, -0.2) is 9.59 Å². The first-order valence-electron chi connectivity index (χ1n) is 18.2. The number of halogens is 8. The SMILES string of the molecule is CN1CCC(C2CCN(C(=O)[C@H](Cc3cc(Br)c(N)c(Br)c3)NC(=O)N3CCC(n4cc(-c5cc(C(F)(F)F)cc(C(F)(F)F)c5)[nH]c4=O)CC3)CC2)CC1. The van der Waals surface area contributed by atoms with E-state index in [2.05, 4.69) is 54.1 Å². The number of carbonyl (C=O) groups is 2. The maximum atomic E-state index is 14.1. The molecule has 3 aliphatic heterocycles. The first-order valence-corrected chi connectivity index (χ1v) is 19.8. The van der Waals surface area contributed by atoms with Crippen molar-refractivity contribution in [1.29, 1.82) is 0 Å². The van der Waals surface area contributed by atoms with Gasteiger partial charge in [-0.15, -0.1) is 0 Å². The third kappa shape index (κ3) is 9.72. The number of urea groups is 1. The Labute approximate surface area is 331 Å². The molecule has 55 heavy (non-hydrogen) atoms. The van der Waals surface area contributed by atoms with E-state index >= 15 is 0 Å². The summed E-state index contributed by atoms with van der Waals surface area (Å²) in [6.45, 7) is 3.75. The van der Waals surface area contributed by atoms with Gasteiger partial charge in [-0.05, 0) is 138 Å². The van der Waals surface area contributed by atoms with E-state index in [0.29, 0.717) is 51.7 Å². The van der Waals surface area contributed by atoms with Gasteiger partial charge in [-0.3, -0.25) is 9.36 Å². The Morgan fingerprint density at radius 2 is 1.33 bits per heavy atom. The van der Waals surface area contributed by atoms with Crippen molar-refractivity contribution < 1.29 is 35.9 Å². The highest BCUT2D eigenvalue weighted by Gasteiger charge is 2.38. The second-order valence-electron chi connectivity index (χ2n) is 14.9. The monoisotopic (exact) mass is 905 g/mol. The Morgan fingerprint density at radius 1 is 0.818 bits per heavy atom. The summed E-state index contributed by atoms with van der Waals surface area (Å²) in [6, 6.07) is 2.97. The van der Waals surface area contributed by atoms with Crippen LogP contribution in [-0.4, -0.2) is 88.5 Å². The number of amides is 3. The van der Waals surface area contributed by atoms with E-state index in [9.17, 15) is 40.7 Å². The number of hydrogen-bond donors (Lipinski definition) is 3. The van der Waals surface area contributed by atoms with Crippen LogP contribution in [0, 0.1) is 11.8 Å². The molecule has 3 saturated heterocycles. The molecule has 3 aliphatic rings. The average molecular weight is 908 g/mol. The van der Waals surface area contributed by atoms with Crippen molar-refractivity contribution in [3.63, 3.8) is 0 Å². The molecule has 0 bridgehead atoms. The lowest BCUT2D eigenvalue weighted by atomic mass is 9.79. The number of imidazole rings is 1. The molecule has 1 atom stereocenters. The zero-order valence-corrected chi connectivity index (χ0v) is 33.3.